The number of carbonyl (C=O) groups is 1. The first-order valence-electron chi connectivity index (χ1n) is 4.80. The third-order valence-corrected chi connectivity index (χ3v) is 2.52. The highest BCUT2D eigenvalue weighted by Crippen LogP contribution is 2.14. The summed E-state index contributed by atoms with van der Waals surface area (Å²) in [6.07, 6.45) is 5.38. The highest BCUT2D eigenvalue weighted by molar-refractivity contribution is 5.94. The van der Waals surface area contributed by atoms with Crippen LogP contribution in [0, 0.1) is 12.3 Å². The minimum atomic E-state index is -0.563. The second kappa shape index (κ2) is 4.18. The van der Waals surface area contributed by atoms with E-state index in [1.165, 1.54) is 0 Å². The molecule has 0 bridgehead atoms. The summed E-state index contributed by atoms with van der Waals surface area (Å²) >= 11 is 0. The maximum Gasteiger partial charge on any atom is 0.254 e. The van der Waals surface area contributed by atoms with Crippen LogP contribution in [0.15, 0.2) is 30.3 Å². The van der Waals surface area contributed by atoms with Gasteiger partial charge in [0.15, 0.2) is 0 Å². The molecule has 0 unspecified atom stereocenters. The van der Waals surface area contributed by atoms with Gasteiger partial charge in [0.05, 0.1) is 5.54 Å². The van der Waals surface area contributed by atoms with Crippen LogP contribution in [0.25, 0.3) is 0 Å². The van der Waals surface area contributed by atoms with Gasteiger partial charge in [-0.2, -0.15) is 0 Å². The van der Waals surface area contributed by atoms with Gasteiger partial charge < -0.3 is 4.90 Å². The van der Waals surface area contributed by atoms with Gasteiger partial charge in [0.25, 0.3) is 5.91 Å². The Bertz CT molecular complexity index is 387. The zero-order chi connectivity index (χ0) is 11.5. The normalized spacial score (nSPS) is 10.5. The van der Waals surface area contributed by atoms with E-state index in [-0.39, 0.29) is 5.91 Å². The molecule has 0 N–H and O–H groups in total. The lowest BCUT2D eigenvalue weighted by Crippen LogP contribution is -2.43. The van der Waals surface area contributed by atoms with E-state index in [4.69, 9.17) is 6.42 Å². The Hall–Kier alpha value is -1.75. The quantitative estimate of drug-likeness (QED) is 0.671. The van der Waals surface area contributed by atoms with Gasteiger partial charge in [0.1, 0.15) is 0 Å². The van der Waals surface area contributed by atoms with E-state index in [9.17, 15) is 4.79 Å². The van der Waals surface area contributed by atoms with E-state index < -0.39 is 5.54 Å². The predicted octanol–water partition coefficient (Wildman–Crippen LogP) is 2.17. The van der Waals surface area contributed by atoms with Gasteiger partial charge >= 0.3 is 0 Å². The van der Waals surface area contributed by atoms with E-state index in [0.29, 0.717) is 5.56 Å². The van der Waals surface area contributed by atoms with Gasteiger partial charge in [-0.1, -0.05) is 24.1 Å². The number of benzene rings is 1. The molecule has 0 spiro atoms. The van der Waals surface area contributed by atoms with Gasteiger partial charge in [-0.05, 0) is 26.0 Å². The van der Waals surface area contributed by atoms with Crippen LogP contribution in [0.3, 0.4) is 0 Å². The number of amides is 1. The molecule has 0 aliphatic rings. The molecule has 15 heavy (non-hydrogen) atoms. The number of hydrogen-bond acceptors (Lipinski definition) is 1. The van der Waals surface area contributed by atoms with Crippen molar-refractivity contribution < 1.29 is 4.79 Å². The molecule has 0 aromatic heterocycles. The van der Waals surface area contributed by atoms with E-state index in [2.05, 4.69) is 5.92 Å². The van der Waals surface area contributed by atoms with Crippen molar-refractivity contribution in [2.45, 2.75) is 19.4 Å². The minimum Gasteiger partial charge on any atom is -0.326 e. The van der Waals surface area contributed by atoms with Crippen LogP contribution in [-0.4, -0.2) is 23.4 Å². The van der Waals surface area contributed by atoms with Gasteiger partial charge in [-0.15, -0.1) is 6.42 Å². The molecule has 0 aliphatic carbocycles. The summed E-state index contributed by atoms with van der Waals surface area (Å²) in [7, 11) is 1.72. The summed E-state index contributed by atoms with van der Waals surface area (Å²) in [5.41, 5.74) is 0.0933. The van der Waals surface area contributed by atoms with Crippen LogP contribution < -0.4 is 0 Å². The molecule has 0 saturated heterocycles. The molecule has 1 rings (SSSR count). The average Bonchev–Trinajstić information content (AvgIpc) is 2.28. The number of rotatable bonds is 2. The fourth-order valence-corrected chi connectivity index (χ4v) is 1.13. The Labute approximate surface area is 90.9 Å². The monoisotopic (exact) mass is 201 g/mol. The van der Waals surface area contributed by atoms with Crippen molar-refractivity contribution in [3.8, 4) is 12.3 Å². The second-order valence-corrected chi connectivity index (χ2v) is 3.93. The van der Waals surface area contributed by atoms with Crippen LogP contribution in [0.4, 0.5) is 0 Å². The third-order valence-electron chi connectivity index (χ3n) is 2.52. The van der Waals surface area contributed by atoms with E-state index in [1.54, 1.807) is 24.1 Å². The van der Waals surface area contributed by atoms with Gasteiger partial charge in [0, 0.05) is 12.6 Å². The molecular weight excluding hydrogens is 186 g/mol. The number of hydrogen-bond donors (Lipinski definition) is 0. The SMILES string of the molecule is C#CC(C)(C)N(C)C(=O)c1ccccc1. The summed E-state index contributed by atoms with van der Waals surface area (Å²) in [6, 6.07) is 9.12. The van der Waals surface area contributed by atoms with Gasteiger partial charge in [0.2, 0.25) is 0 Å². The predicted molar refractivity (Wildman–Crippen MR) is 61.4 cm³/mol. The smallest absolute Gasteiger partial charge is 0.254 e. The summed E-state index contributed by atoms with van der Waals surface area (Å²) < 4.78 is 0. The van der Waals surface area contributed by atoms with Crippen LogP contribution in [0.2, 0.25) is 0 Å². The largest absolute Gasteiger partial charge is 0.326 e. The number of carbonyl (C=O) groups excluding carboxylic acids is 1. The van der Waals surface area contributed by atoms with Crippen molar-refractivity contribution in [2.75, 3.05) is 7.05 Å². The van der Waals surface area contributed by atoms with Crippen molar-refractivity contribution in [3.05, 3.63) is 35.9 Å². The van der Waals surface area contributed by atoms with Crippen molar-refractivity contribution in [2.24, 2.45) is 0 Å². The summed E-state index contributed by atoms with van der Waals surface area (Å²) in [5, 5.41) is 0. The summed E-state index contributed by atoms with van der Waals surface area (Å²) in [6.45, 7) is 3.68. The lowest BCUT2D eigenvalue weighted by molar-refractivity contribution is 0.0701. The maximum absolute atomic E-state index is 12.0. The maximum atomic E-state index is 12.0. The molecule has 78 valence electrons. The van der Waals surface area contributed by atoms with Crippen LogP contribution in [-0.2, 0) is 0 Å². The summed E-state index contributed by atoms with van der Waals surface area (Å²) in [5.74, 6) is 2.54. The Balaban J connectivity index is 2.93. The van der Waals surface area contributed by atoms with E-state index in [1.807, 2.05) is 32.0 Å². The van der Waals surface area contributed by atoms with Crippen LogP contribution in [0.5, 0.6) is 0 Å². The van der Waals surface area contributed by atoms with Crippen molar-refractivity contribution in [1.29, 1.82) is 0 Å². The summed E-state index contributed by atoms with van der Waals surface area (Å²) in [4.78, 5) is 13.6. The fraction of sp³-hybridized carbons (Fsp3) is 0.308. The Morgan fingerprint density at radius 3 is 2.33 bits per heavy atom. The molecule has 0 aliphatic heterocycles. The molecule has 1 amide bonds. The average molecular weight is 201 g/mol. The molecule has 0 atom stereocenters. The van der Waals surface area contributed by atoms with Crippen LogP contribution in [0.1, 0.15) is 24.2 Å². The molecule has 0 radical (unpaired) electrons. The number of terminal acetylenes is 1. The molecular formula is C13H15NO. The molecule has 2 heteroatoms. The topological polar surface area (TPSA) is 20.3 Å². The Morgan fingerprint density at radius 2 is 1.87 bits per heavy atom. The molecule has 2 nitrogen and oxygen atoms in total. The standard InChI is InChI=1S/C13H15NO/c1-5-13(2,3)14(4)12(15)11-9-7-6-8-10-11/h1,6-10H,2-4H3. The van der Waals surface area contributed by atoms with Gasteiger partial charge in [-0.25, -0.2) is 0 Å². The molecule has 1 aromatic rings. The molecule has 0 heterocycles. The van der Waals surface area contributed by atoms with Crippen molar-refractivity contribution in [1.82, 2.24) is 4.90 Å². The lowest BCUT2D eigenvalue weighted by atomic mass is 10.0. The highest BCUT2D eigenvalue weighted by atomic mass is 16.2. The number of nitrogens with zero attached hydrogens (tertiary/aromatic N) is 1. The molecule has 0 fully saturated rings. The minimum absolute atomic E-state index is 0.0569. The molecule has 1 aromatic carbocycles. The van der Waals surface area contributed by atoms with E-state index in [0.717, 1.165) is 0 Å². The first-order valence-corrected chi connectivity index (χ1v) is 4.80. The van der Waals surface area contributed by atoms with Gasteiger partial charge in [-0.3, -0.25) is 4.79 Å². The van der Waals surface area contributed by atoms with Crippen molar-refractivity contribution in [3.63, 3.8) is 0 Å². The van der Waals surface area contributed by atoms with Crippen molar-refractivity contribution >= 4 is 5.91 Å². The van der Waals surface area contributed by atoms with Crippen LogP contribution >= 0.6 is 0 Å². The Morgan fingerprint density at radius 1 is 1.33 bits per heavy atom. The Kier molecular flexibility index (Phi) is 3.16. The lowest BCUT2D eigenvalue weighted by Gasteiger charge is -2.30. The zero-order valence-corrected chi connectivity index (χ0v) is 9.32. The highest BCUT2D eigenvalue weighted by Gasteiger charge is 2.25. The fourth-order valence-electron chi connectivity index (χ4n) is 1.13. The zero-order valence-electron chi connectivity index (χ0n) is 9.32. The first kappa shape index (κ1) is 11.3. The molecule has 0 saturated carbocycles. The van der Waals surface area contributed by atoms with E-state index >= 15 is 0 Å². The third kappa shape index (κ3) is 2.38. The first-order chi connectivity index (χ1) is 6.99. The second-order valence-electron chi connectivity index (χ2n) is 3.93.